The molecule has 36 heavy (non-hydrogen) atoms. The zero-order valence-electron chi connectivity index (χ0n) is 21.1. The Balaban J connectivity index is 1.61. The van der Waals surface area contributed by atoms with Gasteiger partial charge in [0.25, 0.3) is 5.56 Å². The van der Waals surface area contributed by atoms with Gasteiger partial charge in [0.05, 0.1) is 17.6 Å². The maximum atomic E-state index is 13.2. The van der Waals surface area contributed by atoms with Gasteiger partial charge < -0.3 is 10.6 Å². The molecule has 9 heteroatoms. The first-order valence-electron chi connectivity index (χ1n) is 11.8. The molecule has 1 aromatic carbocycles. The minimum Gasteiger partial charge on any atom is -0.325 e. The highest BCUT2D eigenvalue weighted by Crippen LogP contribution is 2.39. The molecule has 1 amide bonds. The molecule has 9 nitrogen and oxygen atoms in total. The molecule has 0 fully saturated rings. The second kappa shape index (κ2) is 8.15. The third-order valence-corrected chi connectivity index (χ3v) is 6.50. The smallest absolute Gasteiger partial charge is 0.278 e. The zero-order chi connectivity index (χ0) is 25.8. The van der Waals surface area contributed by atoms with Gasteiger partial charge in [-0.25, -0.2) is 14.3 Å². The zero-order valence-corrected chi connectivity index (χ0v) is 21.1. The topological polar surface area (TPSA) is 107 Å². The summed E-state index contributed by atoms with van der Waals surface area (Å²) in [4.78, 5) is 39.2. The molecule has 0 aliphatic carbocycles. The van der Waals surface area contributed by atoms with Crippen molar-refractivity contribution in [1.82, 2.24) is 24.3 Å². The predicted octanol–water partition coefficient (Wildman–Crippen LogP) is 4.43. The SMILES string of the molecule is C=CCn1c(=O)c2cnc(Nc3ccc4c(c3)NC(=O)C4(C)C)nc2n1-c1ccnc(C(C)(C)C)c1. The van der Waals surface area contributed by atoms with E-state index in [-0.39, 0.29) is 16.9 Å². The largest absolute Gasteiger partial charge is 0.325 e. The number of pyridine rings is 1. The number of carbonyl (C=O) groups excluding carboxylic acids is 1. The number of nitrogens with one attached hydrogen (secondary N) is 2. The molecule has 0 unspecified atom stereocenters. The maximum absolute atomic E-state index is 13.2. The van der Waals surface area contributed by atoms with E-state index in [1.165, 1.54) is 6.20 Å². The van der Waals surface area contributed by atoms with E-state index in [4.69, 9.17) is 4.98 Å². The Morgan fingerprint density at radius 1 is 1.14 bits per heavy atom. The monoisotopic (exact) mass is 483 g/mol. The van der Waals surface area contributed by atoms with Gasteiger partial charge in [0.1, 0.15) is 5.39 Å². The molecular weight excluding hydrogens is 454 g/mol. The molecule has 0 atom stereocenters. The van der Waals surface area contributed by atoms with Crippen LogP contribution in [0.4, 0.5) is 17.3 Å². The van der Waals surface area contributed by atoms with Crippen LogP contribution in [0.1, 0.15) is 45.9 Å². The van der Waals surface area contributed by atoms with Crippen LogP contribution in [0.5, 0.6) is 0 Å². The molecule has 5 rings (SSSR count). The molecule has 0 spiro atoms. The fraction of sp³-hybridized carbons (Fsp3) is 0.296. The molecule has 0 saturated carbocycles. The molecule has 0 saturated heterocycles. The number of allylic oxidation sites excluding steroid dienone is 1. The highest BCUT2D eigenvalue weighted by Gasteiger charge is 2.38. The summed E-state index contributed by atoms with van der Waals surface area (Å²) in [6, 6.07) is 9.51. The summed E-state index contributed by atoms with van der Waals surface area (Å²) in [6.07, 6.45) is 4.95. The van der Waals surface area contributed by atoms with Crippen LogP contribution >= 0.6 is 0 Å². The lowest BCUT2D eigenvalue weighted by Crippen LogP contribution is -2.26. The van der Waals surface area contributed by atoms with Crippen LogP contribution in [0.15, 0.2) is 60.2 Å². The molecule has 1 aliphatic heterocycles. The van der Waals surface area contributed by atoms with Crippen molar-refractivity contribution in [2.45, 2.75) is 52.0 Å². The second-order valence-electron chi connectivity index (χ2n) is 10.5. The summed E-state index contributed by atoms with van der Waals surface area (Å²) in [6.45, 7) is 14.2. The van der Waals surface area contributed by atoms with E-state index in [1.807, 2.05) is 44.2 Å². The van der Waals surface area contributed by atoms with Crippen LogP contribution < -0.4 is 16.2 Å². The highest BCUT2D eigenvalue weighted by molar-refractivity contribution is 6.06. The van der Waals surface area contributed by atoms with Gasteiger partial charge in [0, 0.05) is 34.9 Å². The van der Waals surface area contributed by atoms with Crippen LogP contribution in [0.2, 0.25) is 0 Å². The fourth-order valence-corrected chi connectivity index (χ4v) is 4.40. The Labute approximate surface area is 208 Å². The van der Waals surface area contributed by atoms with Gasteiger partial charge in [-0.1, -0.05) is 32.9 Å². The fourth-order valence-electron chi connectivity index (χ4n) is 4.40. The van der Waals surface area contributed by atoms with Crippen LogP contribution in [-0.4, -0.2) is 30.2 Å². The summed E-state index contributed by atoms with van der Waals surface area (Å²) in [5, 5.41) is 6.55. The third-order valence-electron chi connectivity index (χ3n) is 6.50. The molecular formula is C27H29N7O2. The number of hydrogen-bond acceptors (Lipinski definition) is 6. The number of aromatic nitrogens is 5. The van der Waals surface area contributed by atoms with Crippen LogP contribution in [0, 0.1) is 0 Å². The number of carbonyl (C=O) groups is 1. The van der Waals surface area contributed by atoms with E-state index in [1.54, 1.807) is 21.6 Å². The number of rotatable bonds is 5. The van der Waals surface area contributed by atoms with Gasteiger partial charge in [0.2, 0.25) is 11.9 Å². The first-order valence-corrected chi connectivity index (χ1v) is 11.8. The van der Waals surface area contributed by atoms with E-state index in [2.05, 4.69) is 48.0 Å². The van der Waals surface area contributed by atoms with Crippen molar-refractivity contribution in [2.75, 3.05) is 10.6 Å². The Bertz CT molecular complexity index is 1590. The predicted molar refractivity (Wildman–Crippen MR) is 141 cm³/mol. The molecule has 4 aromatic rings. The Kier molecular flexibility index (Phi) is 5.31. The van der Waals surface area contributed by atoms with Gasteiger partial charge >= 0.3 is 0 Å². The summed E-state index contributed by atoms with van der Waals surface area (Å²) in [5.74, 6) is 0.299. The Morgan fingerprint density at radius 2 is 1.92 bits per heavy atom. The molecule has 4 heterocycles. The molecule has 0 radical (unpaired) electrons. The molecule has 3 aromatic heterocycles. The number of amides is 1. The van der Waals surface area contributed by atoms with Gasteiger partial charge in [-0.15, -0.1) is 6.58 Å². The second-order valence-corrected chi connectivity index (χ2v) is 10.5. The van der Waals surface area contributed by atoms with Gasteiger partial charge in [-0.2, -0.15) is 4.98 Å². The van der Waals surface area contributed by atoms with Crippen molar-refractivity contribution in [1.29, 1.82) is 0 Å². The van der Waals surface area contributed by atoms with Crippen molar-refractivity contribution in [3.63, 3.8) is 0 Å². The summed E-state index contributed by atoms with van der Waals surface area (Å²) in [5.41, 5.74) is 3.63. The first-order chi connectivity index (χ1) is 17.0. The Morgan fingerprint density at radius 3 is 2.64 bits per heavy atom. The summed E-state index contributed by atoms with van der Waals surface area (Å²) >= 11 is 0. The van der Waals surface area contributed by atoms with E-state index >= 15 is 0 Å². The summed E-state index contributed by atoms with van der Waals surface area (Å²) < 4.78 is 3.37. The van der Waals surface area contributed by atoms with Crippen molar-refractivity contribution in [2.24, 2.45) is 0 Å². The molecule has 184 valence electrons. The van der Waals surface area contributed by atoms with Gasteiger partial charge in [-0.3, -0.25) is 14.6 Å². The quantitative estimate of drug-likeness (QED) is 0.407. The van der Waals surface area contributed by atoms with Crippen molar-refractivity contribution in [3.8, 4) is 5.69 Å². The van der Waals surface area contributed by atoms with Crippen molar-refractivity contribution < 1.29 is 4.79 Å². The lowest BCUT2D eigenvalue weighted by Gasteiger charge is -2.19. The standard InChI is InChI=1S/C27H29N7O2/c1-7-12-33-23(35)18-15-29-25(30-16-8-9-19-20(13-16)31-24(36)27(19,5)6)32-22(18)34(33)17-10-11-28-21(14-17)26(2,3)4/h7-11,13-15H,1,12H2,2-6H3,(H,31,36)(H,29,30,32). The van der Waals surface area contributed by atoms with E-state index in [9.17, 15) is 9.59 Å². The average Bonchev–Trinajstić information content (AvgIpc) is 3.22. The lowest BCUT2D eigenvalue weighted by molar-refractivity contribution is -0.119. The van der Waals surface area contributed by atoms with Crippen molar-refractivity contribution in [3.05, 3.63) is 77.0 Å². The third kappa shape index (κ3) is 3.77. The first kappa shape index (κ1) is 23.5. The maximum Gasteiger partial charge on any atom is 0.278 e. The van der Waals surface area contributed by atoms with Gasteiger partial charge in [0.15, 0.2) is 5.65 Å². The normalized spacial score (nSPS) is 14.5. The number of fused-ring (bicyclic) bond motifs is 2. The van der Waals surface area contributed by atoms with Crippen LogP contribution in [-0.2, 0) is 22.2 Å². The lowest BCUT2D eigenvalue weighted by atomic mass is 9.86. The van der Waals surface area contributed by atoms with Crippen LogP contribution in [0.3, 0.4) is 0 Å². The molecule has 1 aliphatic rings. The van der Waals surface area contributed by atoms with Crippen LogP contribution in [0.25, 0.3) is 16.7 Å². The summed E-state index contributed by atoms with van der Waals surface area (Å²) in [7, 11) is 0. The molecule has 2 N–H and O–H groups in total. The van der Waals surface area contributed by atoms with Gasteiger partial charge in [-0.05, 0) is 43.7 Å². The molecule has 0 bridgehead atoms. The van der Waals surface area contributed by atoms with E-state index < -0.39 is 5.41 Å². The minimum absolute atomic E-state index is 0.0353. The van der Waals surface area contributed by atoms with E-state index in [0.717, 1.165) is 28.3 Å². The number of benzene rings is 1. The number of hydrogen-bond donors (Lipinski definition) is 2. The highest BCUT2D eigenvalue weighted by atomic mass is 16.2. The average molecular weight is 484 g/mol. The minimum atomic E-state index is -0.580. The number of nitrogens with zero attached hydrogens (tertiary/aromatic N) is 5. The number of anilines is 3. The van der Waals surface area contributed by atoms with Crippen molar-refractivity contribution >= 4 is 34.3 Å². The van der Waals surface area contributed by atoms with E-state index in [0.29, 0.717) is 23.5 Å². The Hall–Kier alpha value is -4.27.